The zero-order valence-corrected chi connectivity index (χ0v) is 19.8. The van der Waals surface area contributed by atoms with Crippen molar-refractivity contribution in [3.63, 3.8) is 0 Å². The molecule has 1 amide bonds. The van der Waals surface area contributed by atoms with E-state index in [2.05, 4.69) is 20.5 Å². The summed E-state index contributed by atoms with van der Waals surface area (Å²) in [5.41, 5.74) is 2.43. The molecule has 2 N–H and O–H groups in total. The molecule has 2 heterocycles. The maximum absolute atomic E-state index is 12.9. The van der Waals surface area contributed by atoms with Crippen LogP contribution in [-0.2, 0) is 0 Å². The Hall–Kier alpha value is -2.11. The quantitative estimate of drug-likeness (QED) is 0.514. The number of aryl methyl sites for hydroxylation is 1. The van der Waals surface area contributed by atoms with Gasteiger partial charge >= 0.3 is 0 Å². The summed E-state index contributed by atoms with van der Waals surface area (Å²) < 4.78 is 0. The highest BCUT2D eigenvalue weighted by atomic mass is 35.5. The van der Waals surface area contributed by atoms with Gasteiger partial charge in [0, 0.05) is 29.5 Å². The Labute approximate surface area is 196 Å². The maximum Gasteiger partial charge on any atom is 0.258 e. The third kappa shape index (κ3) is 6.23. The predicted molar refractivity (Wildman–Crippen MR) is 133 cm³/mol. The first-order chi connectivity index (χ1) is 15.6. The monoisotopic (exact) mass is 454 g/mol. The number of aromatic nitrogens is 1. The van der Waals surface area contributed by atoms with Gasteiger partial charge in [-0.1, -0.05) is 43.4 Å². The molecule has 1 saturated carbocycles. The number of rotatable bonds is 6. The van der Waals surface area contributed by atoms with Crippen LogP contribution in [0, 0.1) is 12.8 Å². The Morgan fingerprint density at radius 3 is 2.50 bits per heavy atom. The first-order valence-corrected chi connectivity index (χ1v) is 12.5. The number of likely N-dealkylation sites (tertiary alicyclic amines) is 1. The third-order valence-corrected chi connectivity index (χ3v) is 7.19. The van der Waals surface area contributed by atoms with E-state index in [9.17, 15) is 4.79 Å². The van der Waals surface area contributed by atoms with Crippen molar-refractivity contribution in [1.29, 1.82) is 0 Å². The molecule has 4 rings (SSSR count). The second-order valence-corrected chi connectivity index (χ2v) is 9.81. The molecule has 0 atom stereocenters. The fraction of sp³-hybridized carbons (Fsp3) is 0.538. The van der Waals surface area contributed by atoms with E-state index >= 15 is 0 Å². The van der Waals surface area contributed by atoms with Crippen molar-refractivity contribution < 1.29 is 4.79 Å². The van der Waals surface area contributed by atoms with Crippen molar-refractivity contribution >= 4 is 29.0 Å². The van der Waals surface area contributed by atoms with Gasteiger partial charge in [0.1, 0.15) is 5.82 Å². The lowest BCUT2D eigenvalue weighted by molar-refractivity contribution is 0.102. The van der Waals surface area contributed by atoms with Gasteiger partial charge in [0.15, 0.2) is 0 Å². The van der Waals surface area contributed by atoms with E-state index in [4.69, 9.17) is 11.6 Å². The fourth-order valence-electron chi connectivity index (χ4n) is 4.98. The van der Waals surface area contributed by atoms with Crippen LogP contribution in [-0.4, -0.2) is 41.5 Å². The summed E-state index contributed by atoms with van der Waals surface area (Å²) in [6.07, 6.45) is 12.5. The Morgan fingerprint density at radius 1 is 1.06 bits per heavy atom. The molecule has 0 spiro atoms. The molecule has 1 aliphatic carbocycles. The molecule has 1 saturated heterocycles. The van der Waals surface area contributed by atoms with E-state index < -0.39 is 0 Å². The molecule has 6 heteroatoms. The number of piperidine rings is 1. The second-order valence-electron chi connectivity index (χ2n) is 9.37. The van der Waals surface area contributed by atoms with E-state index in [1.807, 2.05) is 31.2 Å². The molecule has 1 aromatic carbocycles. The minimum Gasteiger partial charge on any atom is -0.384 e. The van der Waals surface area contributed by atoms with Gasteiger partial charge in [-0.2, -0.15) is 0 Å². The number of hydrogen-bond acceptors (Lipinski definition) is 4. The molecule has 1 aliphatic heterocycles. The average Bonchev–Trinajstić information content (AvgIpc) is 3.10. The van der Waals surface area contributed by atoms with Gasteiger partial charge in [-0.15, -0.1) is 0 Å². The normalized spacial score (nSPS) is 18.8. The largest absolute Gasteiger partial charge is 0.384 e. The zero-order valence-electron chi connectivity index (χ0n) is 19.1. The lowest BCUT2D eigenvalue weighted by atomic mass is 9.94. The Bertz CT molecular complexity index is 885. The summed E-state index contributed by atoms with van der Waals surface area (Å²) in [7, 11) is 0. The molecular weight excluding hydrogens is 420 g/mol. The zero-order chi connectivity index (χ0) is 22.3. The lowest BCUT2D eigenvalue weighted by Crippen LogP contribution is -2.42. The smallest absolute Gasteiger partial charge is 0.258 e. The van der Waals surface area contributed by atoms with E-state index in [-0.39, 0.29) is 5.91 Å². The van der Waals surface area contributed by atoms with Crippen LogP contribution in [0.4, 0.5) is 11.5 Å². The van der Waals surface area contributed by atoms with Crippen LogP contribution >= 0.6 is 11.6 Å². The highest BCUT2D eigenvalue weighted by Gasteiger charge is 2.25. The molecule has 2 fully saturated rings. The van der Waals surface area contributed by atoms with Gasteiger partial charge in [-0.25, -0.2) is 4.98 Å². The summed E-state index contributed by atoms with van der Waals surface area (Å²) >= 11 is 6.21. The minimum absolute atomic E-state index is 0.200. The SMILES string of the molecule is Cc1ccc(NC(=O)c2cc(Cl)ccc2NCC2CCN(C3CCCCCC3)CC2)nc1. The van der Waals surface area contributed by atoms with E-state index in [1.54, 1.807) is 12.3 Å². The molecule has 0 unspecified atom stereocenters. The lowest BCUT2D eigenvalue weighted by Gasteiger charge is -2.37. The van der Waals surface area contributed by atoms with Crippen molar-refractivity contribution in [2.24, 2.45) is 5.92 Å². The Kier molecular flexibility index (Phi) is 8.04. The summed E-state index contributed by atoms with van der Waals surface area (Å²) in [6.45, 7) is 5.25. The van der Waals surface area contributed by atoms with Gasteiger partial charge in [0.2, 0.25) is 0 Å². The molecule has 5 nitrogen and oxygen atoms in total. The first-order valence-electron chi connectivity index (χ1n) is 12.1. The van der Waals surface area contributed by atoms with Crippen LogP contribution in [0.5, 0.6) is 0 Å². The standard InChI is InChI=1S/C26H35ClN4O/c1-19-8-11-25(29-17-19)30-26(32)23-16-21(27)9-10-24(23)28-18-20-12-14-31(15-13-20)22-6-4-2-3-5-7-22/h8-11,16-17,20,22,28H,2-7,12-15,18H2,1H3,(H,29,30,32). The van der Waals surface area contributed by atoms with Gasteiger partial charge in [0.05, 0.1) is 5.56 Å². The number of amides is 1. The number of benzene rings is 1. The molecule has 0 radical (unpaired) electrons. The van der Waals surface area contributed by atoms with E-state index in [0.29, 0.717) is 22.3 Å². The van der Waals surface area contributed by atoms with Crippen LogP contribution in [0.3, 0.4) is 0 Å². The summed E-state index contributed by atoms with van der Waals surface area (Å²) in [4.78, 5) is 19.9. The number of nitrogens with one attached hydrogen (secondary N) is 2. The molecule has 2 aliphatic rings. The molecule has 0 bridgehead atoms. The van der Waals surface area contributed by atoms with Crippen LogP contribution in [0.1, 0.15) is 67.3 Å². The van der Waals surface area contributed by atoms with Gasteiger partial charge in [-0.05, 0) is 81.4 Å². The number of carbonyl (C=O) groups is 1. The average molecular weight is 455 g/mol. The summed E-state index contributed by atoms with van der Waals surface area (Å²) in [6, 6.07) is 10.0. The van der Waals surface area contributed by atoms with Crippen LogP contribution in [0.15, 0.2) is 36.5 Å². The van der Waals surface area contributed by atoms with Gasteiger partial charge in [0.25, 0.3) is 5.91 Å². The second kappa shape index (κ2) is 11.2. The summed E-state index contributed by atoms with van der Waals surface area (Å²) in [5, 5.41) is 6.97. The van der Waals surface area contributed by atoms with Crippen molar-refractivity contribution in [2.45, 2.75) is 64.3 Å². The number of nitrogens with zero attached hydrogens (tertiary/aromatic N) is 2. The number of anilines is 2. The molecule has 1 aromatic heterocycles. The highest BCUT2D eigenvalue weighted by Crippen LogP contribution is 2.28. The first kappa shape index (κ1) is 23.1. The summed E-state index contributed by atoms with van der Waals surface area (Å²) in [5.74, 6) is 0.967. The number of hydrogen-bond donors (Lipinski definition) is 2. The molecule has 2 aromatic rings. The van der Waals surface area contributed by atoms with Crippen LogP contribution in [0.2, 0.25) is 5.02 Å². The van der Waals surface area contributed by atoms with Crippen molar-refractivity contribution in [1.82, 2.24) is 9.88 Å². The number of pyridine rings is 1. The van der Waals surface area contributed by atoms with Crippen molar-refractivity contribution in [3.8, 4) is 0 Å². The number of halogens is 1. The molecular formula is C26H35ClN4O. The Morgan fingerprint density at radius 2 is 1.81 bits per heavy atom. The highest BCUT2D eigenvalue weighted by molar-refractivity contribution is 6.31. The Balaban J connectivity index is 1.32. The topological polar surface area (TPSA) is 57.3 Å². The number of carbonyl (C=O) groups excluding carboxylic acids is 1. The maximum atomic E-state index is 12.9. The van der Waals surface area contributed by atoms with E-state index in [0.717, 1.165) is 23.8 Å². The van der Waals surface area contributed by atoms with E-state index in [1.165, 1.54) is 64.5 Å². The van der Waals surface area contributed by atoms with Crippen molar-refractivity contribution in [2.75, 3.05) is 30.3 Å². The minimum atomic E-state index is -0.200. The third-order valence-electron chi connectivity index (χ3n) is 6.95. The fourth-order valence-corrected chi connectivity index (χ4v) is 5.16. The predicted octanol–water partition coefficient (Wildman–Crippen LogP) is 6.14. The van der Waals surface area contributed by atoms with Gasteiger partial charge in [-0.3, -0.25) is 4.79 Å². The van der Waals surface area contributed by atoms with Crippen LogP contribution < -0.4 is 10.6 Å². The molecule has 32 heavy (non-hydrogen) atoms. The molecule has 172 valence electrons. The van der Waals surface area contributed by atoms with Crippen LogP contribution in [0.25, 0.3) is 0 Å². The van der Waals surface area contributed by atoms with Gasteiger partial charge < -0.3 is 15.5 Å². The van der Waals surface area contributed by atoms with Crippen molar-refractivity contribution in [3.05, 3.63) is 52.7 Å².